The van der Waals surface area contributed by atoms with Crippen molar-refractivity contribution in [1.82, 2.24) is 0 Å². The molecule has 0 unspecified atom stereocenters. The molecule has 0 aliphatic rings. The van der Waals surface area contributed by atoms with Crippen LogP contribution in [0.25, 0.3) is 0 Å². The molecule has 3 aromatic carbocycles. The van der Waals surface area contributed by atoms with E-state index in [1.165, 1.54) is 12.1 Å². The lowest BCUT2D eigenvalue weighted by atomic mass is 10.1. The first kappa shape index (κ1) is 22.9. The number of nitrogens with zero attached hydrogens (tertiary/aromatic N) is 1. The van der Waals surface area contributed by atoms with Crippen LogP contribution in [-0.2, 0) is 6.54 Å². The van der Waals surface area contributed by atoms with Crippen molar-refractivity contribution in [3.8, 4) is 5.75 Å². The molecule has 0 bridgehead atoms. The van der Waals surface area contributed by atoms with Crippen molar-refractivity contribution < 1.29 is 19.4 Å². The number of hydrogen-bond donors (Lipinski definition) is 2. The predicted molar refractivity (Wildman–Crippen MR) is 127 cm³/mol. The Morgan fingerprint density at radius 2 is 1.53 bits per heavy atom. The lowest BCUT2D eigenvalue weighted by Gasteiger charge is -2.23. The number of methoxy groups -OCH3 is 1. The van der Waals surface area contributed by atoms with Crippen molar-refractivity contribution in [1.29, 1.82) is 0 Å². The zero-order valence-corrected chi connectivity index (χ0v) is 18.4. The van der Waals surface area contributed by atoms with E-state index in [4.69, 9.17) is 9.84 Å². The molecule has 166 valence electrons. The maximum atomic E-state index is 13.2. The maximum absolute atomic E-state index is 13.2. The number of benzene rings is 3. The van der Waals surface area contributed by atoms with Gasteiger partial charge >= 0.3 is 5.97 Å². The Balaban J connectivity index is 1.69. The molecule has 0 heterocycles. The molecule has 6 heteroatoms. The van der Waals surface area contributed by atoms with Crippen molar-refractivity contribution in [2.75, 3.05) is 23.9 Å². The number of rotatable bonds is 10. The standard InChI is InChI=1S/C26H28N2O4/c1-3-4-17-28(23-13-9-21(10-14-23)26(30)31)25(29)20-7-11-22(12-8-20)27-18-19-5-15-24(32-2)16-6-19/h5-16,27H,3-4,17-18H2,1-2H3,(H,30,31). The highest BCUT2D eigenvalue weighted by molar-refractivity contribution is 6.06. The zero-order chi connectivity index (χ0) is 22.9. The molecule has 0 saturated heterocycles. The van der Waals surface area contributed by atoms with Crippen molar-refractivity contribution >= 4 is 23.3 Å². The van der Waals surface area contributed by atoms with Crippen LogP contribution in [0.5, 0.6) is 5.75 Å². The van der Waals surface area contributed by atoms with Gasteiger partial charge in [-0.15, -0.1) is 0 Å². The second-order valence-corrected chi connectivity index (χ2v) is 7.44. The maximum Gasteiger partial charge on any atom is 0.335 e. The van der Waals surface area contributed by atoms with Gasteiger partial charge in [0, 0.05) is 30.0 Å². The third kappa shape index (κ3) is 5.88. The van der Waals surface area contributed by atoms with Gasteiger partial charge in [0.05, 0.1) is 12.7 Å². The van der Waals surface area contributed by atoms with Crippen LogP contribution in [0.4, 0.5) is 11.4 Å². The van der Waals surface area contributed by atoms with Crippen LogP contribution in [0.2, 0.25) is 0 Å². The van der Waals surface area contributed by atoms with Gasteiger partial charge < -0.3 is 20.1 Å². The molecule has 3 aromatic rings. The fourth-order valence-corrected chi connectivity index (χ4v) is 3.28. The van der Waals surface area contributed by atoms with Crippen LogP contribution in [-0.4, -0.2) is 30.6 Å². The Bertz CT molecular complexity index is 1030. The summed E-state index contributed by atoms with van der Waals surface area (Å²) < 4.78 is 5.18. The summed E-state index contributed by atoms with van der Waals surface area (Å²) in [6.45, 7) is 3.30. The molecule has 32 heavy (non-hydrogen) atoms. The molecule has 0 aromatic heterocycles. The third-order valence-electron chi connectivity index (χ3n) is 5.19. The molecular formula is C26H28N2O4. The number of nitrogens with one attached hydrogen (secondary N) is 1. The van der Waals surface area contributed by atoms with E-state index in [2.05, 4.69) is 12.2 Å². The smallest absolute Gasteiger partial charge is 0.335 e. The minimum Gasteiger partial charge on any atom is -0.497 e. The van der Waals surface area contributed by atoms with Gasteiger partial charge in [-0.3, -0.25) is 4.79 Å². The molecule has 0 atom stereocenters. The zero-order valence-electron chi connectivity index (χ0n) is 18.4. The lowest BCUT2D eigenvalue weighted by molar-refractivity contribution is 0.0696. The first-order chi connectivity index (χ1) is 15.5. The lowest BCUT2D eigenvalue weighted by Crippen LogP contribution is -2.32. The first-order valence-electron chi connectivity index (χ1n) is 10.6. The van der Waals surface area contributed by atoms with Gasteiger partial charge in [0.2, 0.25) is 0 Å². The van der Waals surface area contributed by atoms with Crippen LogP contribution < -0.4 is 15.0 Å². The van der Waals surface area contributed by atoms with Crippen LogP contribution in [0.1, 0.15) is 46.0 Å². The van der Waals surface area contributed by atoms with Crippen LogP contribution >= 0.6 is 0 Å². The van der Waals surface area contributed by atoms with Crippen molar-refractivity contribution in [2.45, 2.75) is 26.3 Å². The van der Waals surface area contributed by atoms with Crippen LogP contribution in [0, 0.1) is 0 Å². The highest BCUT2D eigenvalue weighted by Gasteiger charge is 2.18. The molecule has 1 amide bonds. The van der Waals surface area contributed by atoms with Gasteiger partial charge in [-0.25, -0.2) is 4.79 Å². The average Bonchev–Trinajstić information content (AvgIpc) is 2.83. The molecule has 3 rings (SSSR count). The first-order valence-corrected chi connectivity index (χ1v) is 10.6. The minimum atomic E-state index is -0.985. The second kappa shape index (κ2) is 11.0. The van der Waals surface area contributed by atoms with Crippen molar-refractivity contribution in [2.24, 2.45) is 0 Å². The number of carbonyl (C=O) groups is 2. The van der Waals surface area contributed by atoms with Crippen LogP contribution in [0.15, 0.2) is 72.8 Å². The summed E-state index contributed by atoms with van der Waals surface area (Å²) in [6, 6.07) is 21.7. The normalized spacial score (nSPS) is 10.4. The molecule has 0 radical (unpaired) electrons. The number of hydrogen-bond acceptors (Lipinski definition) is 4. The van der Waals surface area contributed by atoms with Gasteiger partial charge in [-0.05, 0) is 72.6 Å². The predicted octanol–water partition coefficient (Wildman–Crippen LogP) is 5.45. The quantitative estimate of drug-likeness (QED) is 0.445. The van der Waals surface area contributed by atoms with Crippen LogP contribution in [0.3, 0.4) is 0 Å². The third-order valence-corrected chi connectivity index (χ3v) is 5.19. The summed E-state index contributed by atoms with van der Waals surface area (Å²) in [7, 11) is 1.64. The number of unbranched alkanes of at least 4 members (excludes halogenated alkanes) is 1. The van der Waals surface area contributed by atoms with E-state index >= 15 is 0 Å². The Kier molecular flexibility index (Phi) is 7.86. The summed E-state index contributed by atoms with van der Waals surface area (Å²) in [5.74, 6) is -0.272. The summed E-state index contributed by atoms with van der Waals surface area (Å²) >= 11 is 0. The molecule has 6 nitrogen and oxygen atoms in total. The molecule has 0 spiro atoms. The number of ether oxygens (including phenoxy) is 1. The van der Waals surface area contributed by atoms with Gasteiger partial charge in [-0.2, -0.15) is 0 Å². The average molecular weight is 433 g/mol. The number of aromatic carboxylic acids is 1. The molecule has 0 fully saturated rings. The molecule has 0 aliphatic heterocycles. The Labute approximate surface area is 188 Å². The van der Waals surface area contributed by atoms with E-state index in [0.717, 1.165) is 29.8 Å². The van der Waals surface area contributed by atoms with Gasteiger partial charge in [0.1, 0.15) is 5.75 Å². The molecule has 0 aliphatic carbocycles. The summed E-state index contributed by atoms with van der Waals surface area (Å²) in [5.41, 5.74) is 3.52. The number of carboxylic acids is 1. The SMILES string of the molecule is CCCCN(C(=O)c1ccc(NCc2ccc(OC)cc2)cc1)c1ccc(C(=O)O)cc1. The van der Waals surface area contributed by atoms with Crippen molar-refractivity contribution in [3.63, 3.8) is 0 Å². The fraction of sp³-hybridized carbons (Fsp3) is 0.231. The summed E-state index contributed by atoms with van der Waals surface area (Å²) in [5, 5.41) is 12.5. The Morgan fingerprint density at radius 1 is 0.906 bits per heavy atom. The number of carbonyl (C=O) groups excluding carboxylic acids is 1. The van der Waals surface area contributed by atoms with E-state index in [1.54, 1.807) is 24.1 Å². The number of carboxylic acid groups (broad SMARTS) is 1. The highest BCUT2D eigenvalue weighted by atomic mass is 16.5. The second-order valence-electron chi connectivity index (χ2n) is 7.44. The summed E-state index contributed by atoms with van der Waals surface area (Å²) in [6.07, 6.45) is 1.80. The molecule has 0 saturated carbocycles. The minimum absolute atomic E-state index is 0.108. The van der Waals surface area contributed by atoms with E-state index < -0.39 is 5.97 Å². The molecule has 2 N–H and O–H groups in total. The number of anilines is 2. The van der Waals surface area contributed by atoms with Gasteiger partial charge in [0.25, 0.3) is 5.91 Å². The fourth-order valence-electron chi connectivity index (χ4n) is 3.28. The van der Waals surface area contributed by atoms with E-state index in [1.807, 2.05) is 48.5 Å². The van der Waals surface area contributed by atoms with Crippen molar-refractivity contribution in [3.05, 3.63) is 89.5 Å². The van der Waals surface area contributed by atoms with Gasteiger partial charge in [-0.1, -0.05) is 25.5 Å². The molecular weight excluding hydrogens is 404 g/mol. The monoisotopic (exact) mass is 432 g/mol. The highest BCUT2D eigenvalue weighted by Crippen LogP contribution is 2.21. The van der Waals surface area contributed by atoms with E-state index in [-0.39, 0.29) is 11.5 Å². The largest absolute Gasteiger partial charge is 0.497 e. The Morgan fingerprint density at radius 3 is 2.09 bits per heavy atom. The summed E-state index contributed by atoms with van der Waals surface area (Å²) in [4.78, 5) is 26.0. The van der Waals surface area contributed by atoms with E-state index in [9.17, 15) is 9.59 Å². The van der Waals surface area contributed by atoms with E-state index in [0.29, 0.717) is 24.3 Å². The van der Waals surface area contributed by atoms with Gasteiger partial charge in [0.15, 0.2) is 0 Å². The topological polar surface area (TPSA) is 78.9 Å². The number of amides is 1. The Hall–Kier alpha value is -3.80.